The fourth-order valence-electron chi connectivity index (χ4n) is 4.39. The molecule has 0 aliphatic carbocycles. The number of pyridine rings is 2. The second-order valence-corrected chi connectivity index (χ2v) is 8.68. The fraction of sp³-hybridized carbons (Fsp3) is 0.185. The maximum Gasteiger partial charge on any atom is 0.160 e. The molecule has 4 aromatic heterocycles. The zero-order valence-corrected chi connectivity index (χ0v) is 19.4. The normalized spacial score (nSPS) is 14.0. The van der Waals surface area contributed by atoms with Crippen LogP contribution in [0.5, 0.6) is 0 Å². The van der Waals surface area contributed by atoms with Crippen LogP contribution in [0.2, 0.25) is 0 Å². The molecule has 178 valence electrons. The lowest BCUT2D eigenvalue weighted by Crippen LogP contribution is -2.42. The number of halogens is 1. The summed E-state index contributed by atoms with van der Waals surface area (Å²) in [5.41, 5.74) is 6.18. The van der Waals surface area contributed by atoms with E-state index in [-0.39, 0.29) is 5.82 Å². The van der Waals surface area contributed by atoms with E-state index in [1.165, 1.54) is 12.1 Å². The van der Waals surface area contributed by atoms with Crippen LogP contribution >= 0.6 is 0 Å². The average Bonchev–Trinajstić information content (AvgIpc) is 3.55. The van der Waals surface area contributed by atoms with Gasteiger partial charge in [0.1, 0.15) is 11.5 Å². The summed E-state index contributed by atoms with van der Waals surface area (Å²) in [5, 5.41) is 10.6. The highest BCUT2D eigenvalue weighted by molar-refractivity contribution is 5.92. The molecule has 36 heavy (non-hydrogen) atoms. The highest BCUT2D eigenvalue weighted by atomic mass is 19.1. The maximum absolute atomic E-state index is 13.8. The van der Waals surface area contributed by atoms with Crippen molar-refractivity contribution in [3.63, 3.8) is 0 Å². The Hall–Kier alpha value is -4.39. The molecule has 9 heteroatoms. The lowest BCUT2D eigenvalue weighted by atomic mass is 10.1. The second kappa shape index (κ2) is 9.70. The van der Waals surface area contributed by atoms with E-state index >= 15 is 0 Å². The van der Waals surface area contributed by atoms with Gasteiger partial charge < -0.3 is 10.3 Å². The van der Waals surface area contributed by atoms with E-state index in [2.05, 4.69) is 53.3 Å². The minimum absolute atomic E-state index is 0.309. The van der Waals surface area contributed by atoms with Crippen LogP contribution < -0.4 is 5.32 Å². The molecular weight excluding hydrogens is 455 g/mol. The first-order valence-electron chi connectivity index (χ1n) is 11.8. The van der Waals surface area contributed by atoms with Gasteiger partial charge in [0.15, 0.2) is 5.82 Å². The quantitative estimate of drug-likeness (QED) is 0.343. The molecule has 0 saturated carbocycles. The summed E-state index contributed by atoms with van der Waals surface area (Å²) in [6.07, 6.45) is 8.80. The Labute approximate surface area is 207 Å². The van der Waals surface area contributed by atoms with Crippen molar-refractivity contribution in [2.45, 2.75) is 6.54 Å². The van der Waals surface area contributed by atoms with Crippen LogP contribution in [0.25, 0.3) is 33.7 Å². The van der Waals surface area contributed by atoms with Crippen molar-refractivity contribution < 1.29 is 4.39 Å². The molecule has 5 aromatic rings. The van der Waals surface area contributed by atoms with Crippen LogP contribution in [-0.2, 0) is 6.54 Å². The van der Waals surface area contributed by atoms with Gasteiger partial charge in [-0.15, -0.1) is 0 Å². The van der Waals surface area contributed by atoms with Gasteiger partial charge in [0.2, 0.25) is 0 Å². The number of benzene rings is 1. The van der Waals surface area contributed by atoms with Crippen LogP contribution in [0.3, 0.4) is 0 Å². The van der Waals surface area contributed by atoms with Gasteiger partial charge in [0.25, 0.3) is 0 Å². The van der Waals surface area contributed by atoms with Crippen molar-refractivity contribution >= 4 is 11.0 Å². The van der Waals surface area contributed by atoms with Crippen molar-refractivity contribution in [2.75, 3.05) is 26.2 Å². The Bertz CT molecular complexity index is 1590. The third-order valence-corrected chi connectivity index (χ3v) is 6.15. The highest BCUT2D eigenvalue weighted by Gasteiger charge is 2.15. The summed E-state index contributed by atoms with van der Waals surface area (Å²) in [6.45, 7) is 4.95. The number of aromatic nitrogens is 6. The SMILES string of the molecule is Fc1cccc(-c2cncc3[nH]c(-c4n[nH]cc4C#Cc4cncc(CN5CCNCC5)c4)nc23)c1. The second-order valence-electron chi connectivity index (χ2n) is 8.68. The van der Waals surface area contributed by atoms with Gasteiger partial charge in [-0.1, -0.05) is 24.0 Å². The first-order valence-corrected chi connectivity index (χ1v) is 11.8. The number of hydrogen-bond donors (Lipinski definition) is 3. The first kappa shape index (κ1) is 22.1. The lowest BCUT2D eigenvalue weighted by Gasteiger charge is -2.27. The molecule has 0 radical (unpaired) electrons. The number of rotatable bonds is 4. The van der Waals surface area contributed by atoms with Crippen molar-refractivity contribution in [2.24, 2.45) is 0 Å². The minimum Gasteiger partial charge on any atom is -0.335 e. The van der Waals surface area contributed by atoms with Gasteiger partial charge in [-0.2, -0.15) is 5.10 Å². The molecule has 1 aromatic carbocycles. The molecule has 0 spiro atoms. The zero-order valence-electron chi connectivity index (χ0n) is 19.4. The van der Waals surface area contributed by atoms with Crippen molar-refractivity contribution in [3.8, 4) is 34.5 Å². The van der Waals surface area contributed by atoms with E-state index in [1.807, 2.05) is 12.3 Å². The molecule has 1 fully saturated rings. The Morgan fingerprint density at radius 2 is 1.89 bits per heavy atom. The van der Waals surface area contributed by atoms with Crippen LogP contribution in [0.1, 0.15) is 16.7 Å². The average molecular weight is 479 g/mol. The molecule has 0 atom stereocenters. The molecule has 0 amide bonds. The van der Waals surface area contributed by atoms with E-state index in [0.29, 0.717) is 28.2 Å². The monoisotopic (exact) mass is 478 g/mol. The fourth-order valence-corrected chi connectivity index (χ4v) is 4.39. The first-order chi connectivity index (χ1) is 17.7. The Kier molecular flexibility index (Phi) is 5.95. The summed E-state index contributed by atoms with van der Waals surface area (Å²) >= 11 is 0. The molecule has 1 saturated heterocycles. The topological polar surface area (TPSA) is 98.4 Å². The Balaban J connectivity index is 1.29. The van der Waals surface area contributed by atoms with Crippen LogP contribution in [0.15, 0.2) is 61.3 Å². The van der Waals surface area contributed by atoms with Gasteiger partial charge in [0.05, 0.1) is 22.8 Å². The molecule has 6 rings (SSSR count). The third kappa shape index (κ3) is 4.60. The highest BCUT2D eigenvalue weighted by Crippen LogP contribution is 2.29. The summed E-state index contributed by atoms with van der Waals surface area (Å²) in [5.74, 6) is 6.67. The van der Waals surface area contributed by atoms with E-state index < -0.39 is 0 Å². The number of hydrogen-bond acceptors (Lipinski definition) is 6. The van der Waals surface area contributed by atoms with E-state index in [4.69, 9.17) is 4.98 Å². The van der Waals surface area contributed by atoms with E-state index in [0.717, 1.165) is 54.9 Å². The predicted molar refractivity (Wildman–Crippen MR) is 135 cm³/mol. The number of fused-ring (bicyclic) bond motifs is 1. The van der Waals surface area contributed by atoms with Gasteiger partial charge in [-0.25, -0.2) is 9.37 Å². The molecule has 5 heterocycles. The maximum atomic E-state index is 13.8. The number of nitrogens with one attached hydrogen (secondary N) is 3. The number of imidazole rings is 1. The molecular formula is C27H23FN8. The van der Waals surface area contributed by atoms with Crippen LogP contribution in [-0.4, -0.2) is 61.2 Å². The largest absolute Gasteiger partial charge is 0.335 e. The molecule has 3 N–H and O–H groups in total. The van der Waals surface area contributed by atoms with Crippen molar-refractivity contribution in [1.29, 1.82) is 0 Å². The number of nitrogens with zero attached hydrogens (tertiary/aromatic N) is 5. The van der Waals surface area contributed by atoms with E-state index in [1.54, 1.807) is 30.9 Å². The summed E-state index contributed by atoms with van der Waals surface area (Å²) < 4.78 is 13.8. The lowest BCUT2D eigenvalue weighted by molar-refractivity contribution is 0.233. The molecule has 0 bridgehead atoms. The van der Waals surface area contributed by atoms with Crippen molar-refractivity contribution in [3.05, 3.63) is 83.8 Å². The Morgan fingerprint density at radius 1 is 1.00 bits per heavy atom. The van der Waals surface area contributed by atoms with Crippen molar-refractivity contribution in [1.82, 2.24) is 40.3 Å². The number of aromatic amines is 2. The Morgan fingerprint density at radius 3 is 2.78 bits per heavy atom. The van der Waals surface area contributed by atoms with Crippen LogP contribution in [0.4, 0.5) is 4.39 Å². The van der Waals surface area contributed by atoms with Gasteiger partial charge >= 0.3 is 0 Å². The molecule has 1 aliphatic heterocycles. The van der Waals surface area contributed by atoms with Gasteiger partial charge in [-0.05, 0) is 29.3 Å². The van der Waals surface area contributed by atoms with E-state index in [9.17, 15) is 4.39 Å². The van der Waals surface area contributed by atoms with Crippen LogP contribution in [0, 0.1) is 17.7 Å². The number of H-pyrrole nitrogens is 2. The predicted octanol–water partition coefficient (Wildman–Crippen LogP) is 3.35. The summed E-state index contributed by atoms with van der Waals surface area (Å²) in [6, 6.07) is 8.48. The standard InChI is InChI=1S/C27H23FN8/c28-22-3-1-2-20(11-22)23-15-31-16-24-26(23)34-27(33-24)25-21(14-32-35-25)5-4-18-10-19(13-30-12-18)17-36-8-6-29-7-9-36/h1-3,10-16,29H,6-9,17H2,(H,32,35)(H,33,34). The summed E-state index contributed by atoms with van der Waals surface area (Å²) in [7, 11) is 0. The van der Waals surface area contributed by atoms with Gasteiger partial charge in [-0.3, -0.25) is 20.0 Å². The zero-order chi connectivity index (χ0) is 24.3. The minimum atomic E-state index is -0.309. The summed E-state index contributed by atoms with van der Waals surface area (Å²) in [4.78, 5) is 19.1. The third-order valence-electron chi connectivity index (χ3n) is 6.15. The number of piperazine rings is 1. The molecule has 1 aliphatic rings. The molecule has 8 nitrogen and oxygen atoms in total. The smallest absolute Gasteiger partial charge is 0.160 e. The van der Waals surface area contributed by atoms with Gasteiger partial charge in [0, 0.05) is 68.6 Å². The molecule has 0 unspecified atom stereocenters.